The number of fused-ring (bicyclic) bond motifs is 1. The molecule has 6 heteroatoms. The molecule has 198 valence electrons. The van der Waals surface area contributed by atoms with Crippen molar-refractivity contribution >= 4 is 23.5 Å². The summed E-state index contributed by atoms with van der Waals surface area (Å²) in [5.41, 5.74) is 6.90. The molecule has 0 amide bonds. The van der Waals surface area contributed by atoms with Crippen LogP contribution >= 0.6 is 23.5 Å². The minimum Gasteiger partial charge on any atom is -0.353 e. The van der Waals surface area contributed by atoms with Crippen molar-refractivity contribution in [3.8, 4) is 0 Å². The van der Waals surface area contributed by atoms with Crippen LogP contribution < -0.4 is 0 Å². The molecular formula is C30H42O4S2. The summed E-state index contributed by atoms with van der Waals surface area (Å²) in [7, 11) is 0. The first-order chi connectivity index (χ1) is 17.5. The highest BCUT2D eigenvalue weighted by Gasteiger charge is 2.38. The number of rotatable bonds is 11. The zero-order valence-electron chi connectivity index (χ0n) is 22.3. The largest absolute Gasteiger partial charge is 0.353 e. The normalized spacial score (nSPS) is 22.6. The van der Waals surface area contributed by atoms with E-state index in [0.29, 0.717) is 6.61 Å². The SMILES string of the molecule is CCOC(C)OCCCCC1(C[C@H]2CCO[C@H](c3ccccc3)O2)SCc2cc(C)c(C)cc2CS1. The van der Waals surface area contributed by atoms with Gasteiger partial charge in [0.1, 0.15) is 0 Å². The topological polar surface area (TPSA) is 36.9 Å². The van der Waals surface area contributed by atoms with Crippen LogP contribution in [0.1, 0.15) is 80.1 Å². The van der Waals surface area contributed by atoms with E-state index in [0.717, 1.165) is 62.4 Å². The van der Waals surface area contributed by atoms with Crippen LogP contribution in [0.2, 0.25) is 0 Å². The highest BCUT2D eigenvalue weighted by Crippen LogP contribution is 2.52. The molecule has 0 radical (unpaired) electrons. The number of ether oxygens (including phenoxy) is 4. The van der Waals surface area contributed by atoms with E-state index < -0.39 is 0 Å². The number of hydrogen-bond donors (Lipinski definition) is 0. The lowest BCUT2D eigenvalue weighted by atomic mass is 10.0. The van der Waals surface area contributed by atoms with E-state index in [1.807, 2.05) is 19.9 Å². The fourth-order valence-electron chi connectivity index (χ4n) is 4.93. The lowest BCUT2D eigenvalue weighted by Gasteiger charge is -2.38. The van der Waals surface area contributed by atoms with Gasteiger partial charge in [0.25, 0.3) is 0 Å². The van der Waals surface area contributed by atoms with Crippen molar-refractivity contribution in [3.63, 3.8) is 0 Å². The van der Waals surface area contributed by atoms with Crippen molar-refractivity contribution in [1.29, 1.82) is 0 Å². The van der Waals surface area contributed by atoms with Gasteiger partial charge >= 0.3 is 0 Å². The first-order valence-corrected chi connectivity index (χ1v) is 15.4. The predicted molar refractivity (Wildman–Crippen MR) is 151 cm³/mol. The number of thioether (sulfide) groups is 2. The van der Waals surface area contributed by atoms with Gasteiger partial charge in [0.05, 0.1) is 16.8 Å². The first kappa shape index (κ1) is 28.0. The van der Waals surface area contributed by atoms with E-state index >= 15 is 0 Å². The molecule has 1 fully saturated rings. The van der Waals surface area contributed by atoms with E-state index in [9.17, 15) is 0 Å². The lowest BCUT2D eigenvalue weighted by molar-refractivity contribution is -0.218. The van der Waals surface area contributed by atoms with Gasteiger partial charge in [-0.2, -0.15) is 0 Å². The van der Waals surface area contributed by atoms with Crippen molar-refractivity contribution < 1.29 is 18.9 Å². The Kier molecular flexibility index (Phi) is 10.6. The Morgan fingerprint density at radius 1 is 1.00 bits per heavy atom. The molecule has 2 aliphatic heterocycles. The summed E-state index contributed by atoms with van der Waals surface area (Å²) < 4.78 is 24.0. The van der Waals surface area contributed by atoms with Crippen molar-refractivity contribution in [2.75, 3.05) is 19.8 Å². The number of unbranched alkanes of at least 4 members (excludes halogenated alkanes) is 1. The van der Waals surface area contributed by atoms with Crippen LogP contribution in [0.3, 0.4) is 0 Å². The average Bonchev–Trinajstić information content (AvgIpc) is 3.05. The number of benzene rings is 2. The molecular weight excluding hydrogens is 488 g/mol. The summed E-state index contributed by atoms with van der Waals surface area (Å²) in [6.07, 6.45) is 5.13. The fraction of sp³-hybridized carbons (Fsp3) is 0.600. The third-order valence-corrected chi connectivity index (χ3v) is 10.6. The summed E-state index contributed by atoms with van der Waals surface area (Å²) >= 11 is 4.26. The van der Waals surface area contributed by atoms with Crippen molar-refractivity contribution in [2.45, 2.75) is 94.1 Å². The van der Waals surface area contributed by atoms with Gasteiger partial charge in [-0.1, -0.05) is 42.5 Å². The second kappa shape index (κ2) is 13.7. The molecule has 1 saturated heterocycles. The molecule has 1 unspecified atom stereocenters. The third-order valence-electron chi connectivity index (χ3n) is 7.14. The smallest absolute Gasteiger partial charge is 0.184 e. The Hall–Kier alpha value is -1.02. The molecule has 0 saturated carbocycles. The maximum Gasteiger partial charge on any atom is 0.184 e. The molecule has 3 atom stereocenters. The molecule has 0 N–H and O–H groups in total. The maximum atomic E-state index is 6.55. The van der Waals surface area contributed by atoms with Crippen molar-refractivity contribution in [1.82, 2.24) is 0 Å². The van der Waals surface area contributed by atoms with Crippen molar-refractivity contribution in [3.05, 3.63) is 70.3 Å². The quantitative estimate of drug-likeness (QED) is 0.217. The second-order valence-electron chi connectivity index (χ2n) is 9.91. The summed E-state index contributed by atoms with van der Waals surface area (Å²) in [5, 5.41) is 0. The Bertz CT molecular complexity index is 918. The van der Waals surface area contributed by atoms with E-state index in [1.165, 1.54) is 22.3 Å². The lowest BCUT2D eigenvalue weighted by Crippen LogP contribution is -2.34. The monoisotopic (exact) mass is 530 g/mol. The van der Waals surface area contributed by atoms with E-state index in [-0.39, 0.29) is 22.8 Å². The summed E-state index contributed by atoms with van der Waals surface area (Å²) in [4.78, 5) is 0. The first-order valence-electron chi connectivity index (χ1n) is 13.4. The molecule has 4 nitrogen and oxygen atoms in total. The van der Waals surface area contributed by atoms with Crippen LogP contribution in [0.25, 0.3) is 0 Å². The Morgan fingerprint density at radius 2 is 1.69 bits per heavy atom. The molecule has 0 bridgehead atoms. The van der Waals surface area contributed by atoms with Crippen LogP contribution in [-0.4, -0.2) is 36.3 Å². The van der Waals surface area contributed by atoms with E-state index in [1.54, 1.807) is 0 Å². The van der Waals surface area contributed by atoms with Crippen LogP contribution in [0.15, 0.2) is 42.5 Å². The number of hydrogen-bond acceptors (Lipinski definition) is 6. The molecule has 0 aliphatic carbocycles. The van der Waals surface area contributed by atoms with Gasteiger partial charge in [0.2, 0.25) is 0 Å². The van der Waals surface area contributed by atoms with Crippen LogP contribution in [-0.2, 0) is 30.5 Å². The fourth-order valence-corrected chi connectivity index (χ4v) is 8.17. The Morgan fingerprint density at radius 3 is 2.36 bits per heavy atom. The molecule has 2 aromatic carbocycles. The van der Waals surface area contributed by atoms with Gasteiger partial charge in [-0.3, -0.25) is 0 Å². The van der Waals surface area contributed by atoms with Gasteiger partial charge in [-0.05, 0) is 82.1 Å². The molecule has 36 heavy (non-hydrogen) atoms. The molecule has 2 aromatic rings. The van der Waals surface area contributed by atoms with Crippen molar-refractivity contribution in [2.24, 2.45) is 0 Å². The standard InChI is InChI=1S/C30H42O4S2/c1-5-31-24(4)32-15-10-9-14-30(35-20-26-17-22(2)23(3)18-27(26)21-36-30)19-28-13-16-33-29(34-28)25-11-7-6-8-12-25/h6-8,11-12,17-18,24,28-29H,5,9-10,13-16,19-21H2,1-4H3/t24?,28-,29+/m1/s1. The highest BCUT2D eigenvalue weighted by molar-refractivity contribution is 8.17. The average molecular weight is 531 g/mol. The minimum atomic E-state index is -0.265. The predicted octanol–water partition coefficient (Wildman–Crippen LogP) is 7.94. The van der Waals surface area contributed by atoms with E-state index in [4.69, 9.17) is 18.9 Å². The molecule has 2 aliphatic rings. The Labute approximate surface area is 226 Å². The molecule has 0 spiro atoms. The zero-order valence-corrected chi connectivity index (χ0v) is 23.9. The van der Waals surface area contributed by atoms with Crippen LogP contribution in [0.5, 0.6) is 0 Å². The minimum absolute atomic E-state index is 0.121. The van der Waals surface area contributed by atoms with Gasteiger partial charge in [-0.25, -0.2) is 0 Å². The maximum absolute atomic E-state index is 6.55. The Balaban J connectivity index is 1.43. The molecule has 0 aromatic heterocycles. The number of aryl methyl sites for hydroxylation is 2. The highest BCUT2D eigenvalue weighted by atomic mass is 32.2. The van der Waals surface area contributed by atoms with Crippen LogP contribution in [0, 0.1) is 13.8 Å². The molecule has 4 rings (SSSR count). The summed E-state index contributed by atoms with van der Waals surface area (Å²) in [6, 6.07) is 15.2. The molecule has 2 heterocycles. The zero-order chi connectivity index (χ0) is 25.4. The third kappa shape index (κ3) is 7.75. The van der Waals surface area contributed by atoms with Crippen LogP contribution in [0.4, 0.5) is 0 Å². The van der Waals surface area contributed by atoms with E-state index in [2.05, 4.69) is 73.8 Å². The van der Waals surface area contributed by atoms with Gasteiger partial charge in [0.15, 0.2) is 12.6 Å². The van der Waals surface area contributed by atoms with Gasteiger partial charge in [-0.15, -0.1) is 23.5 Å². The second-order valence-corrected chi connectivity index (χ2v) is 12.9. The van der Waals surface area contributed by atoms with Gasteiger partial charge < -0.3 is 18.9 Å². The summed E-state index contributed by atoms with van der Waals surface area (Å²) in [6.45, 7) is 10.6. The summed E-state index contributed by atoms with van der Waals surface area (Å²) in [5.74, 6) is 2.12. The van der Waals surface area contributed by atoms with Gasteiger partial charge in [0, 0.05) is 30.3 Å².